The number of carboxylic acid groups (broad SMARTS) is 1. The van der Waals surface area contributed by atoms with Crippen molar-refractivity contribution in [1.82, 2.24) is 15.1 Å². The largest absolute Gasteiger partial charge is 0.476 e. The lowest BCUT2D eigenvalue weighted by atomic mass is 10.4. The lowest BCUT2D eigenvalue weighted by molar-refractivity contribution is -0.122. The van der Waals surface area contributed by atoms with Crippen LogP contribution in [0.1, 0.15) is 23.3 Å². The average molecular weight is 251 g/mol. The molecule has 7 heteroatoms. The van der Waals surface area contributed by atoms with E-state index in [1.54, 1.807) is 0 Å². The molecule has 1 aliphatic carbocycles. The summed E-state index contributed by atoms with van der Waals surface area (Å²) in [5.74, 6) is -1.02. The number of amides is 1. The number of rotatable bonds is 5. The van der Waals surface area contributed by atoms with Crippen molar-refractivity contribution < 1.29 is 14.7 Å². The maximum absolute atomic E-state index is 11.5. The highest BCUT2D eigenvalue weighted by molar-refractivity contribution is 5.85. The Kier molecular flexibility index (Phi) is 3.40. The molecule has 1 aliphatic rings. The van der Waals surface area contributed by atoms with E-state index in [0.717, 1.165) is 29.7 Å². The van der Waals surface area contributed by atoms with Crippen LogP contribution >= 0.6 is 0 Å². The molecule has 7 nitrogen and oxygen atoms in total. The predicted octanol–water partition coefficient (Wildman–Crippen LogP) is -0.532. The second-order valence-electron chi connectivity index (χ2n) is 4.27. The molecule has 18 heavy (non-hydrogen) atoms. The number of nitrogens with one attached hydrogen (secondary N) is 1. The Morgan fingerprint density at radius 3 is 2.78 bits per heavy atom. The Hall–Kier alpha value is -2.18. The van der Waals surface area contributed by atoms with Gasteiger partial charge in [0.1, 0.15) is 6.54 Å². The fourth-order valence-electron chi connectivity index (χ4n) is 1.45. The number of nitrogens with zero attached hydrogens (tertiary/aromatic N) is 2. The van der Waals surface area contributed by atoms with Crippen molar-refractivity contribution in [3.63, 3.8) is 0 Å². The zero-order valence-electron chi connectivity index (χ0n) is 9.63. The highest BCUT2D eigenvalue weighted by atomic mass is 16.4. The maximum Gasteiger partial charge on any atom is 0.356 e. The molecular formula is C11H13N3O4. The Balaban J connectivity index is 2.02. The van der Waals surface area contributed by atoms with Crippen molar-refractivity contribution in [3.8, 4) is 0 Å². The van der Waals surface area contributed by atoms with E-state index in [9.17, 15) is 14.4 Å². The Morgan fingerprint density at radius 2 is 2.17 bits per heavy atom. The normalized spacial score (nSPS) is 14.2. The molecule has 1 aromatic rings. The number of hydrogen-bond acceptors (Lipinski definition) is 4. The molecule has 2 N–H and O–H groups in total. The van der Waals surface area contributed by atoms with E-state index in [0.29, 0.717) is 12.5 Å². The van der Waals surface area contributed by atoms with Crippen molar-refractivity contribution in [2.45, 2.75) is 19.4 Å². The molecule has 1 fully saturated rings. The fraction of sp³-hybridized carbons (Fsp3) is 0.455. The van der Waals surface area contributed by atoms with Crippen LogP contribution in [0.15, 0.2) is 16.9 Å². The molecule has 0 spiro atoms. The van der Waals surface area contributed by atoms with E-state index in [4.69, 9.17) is 5.11 Å². The molecule has 0 saturated heterocycles. The summed E-state index contributed by atoms with van der Waals surface area (Å²) < 4.78 is 0.853. The Morgan fingerprint density at radius 1 is 1.44 bits per heavy atom. The monoisotopic (exact) mass is 251 g/mol. The summed E-state index contributed by atoms with van der Waals surface area (Å²) >= 11 is 0. The fourth-order valence-corrected chi connectivity index (χ4v) is 1.45. The molecule has 1 amide bonds. The molecular weight excluding hydrogens is 238 g/mol. The molecule has 1 saturated carbocycles. The van der Waals surface area contributed by atoms with Crippen LogP contribution in [0.2, 0.25) is 0 Å². The second kappa shape index (κ2) is 4.99. The first kappa shape index (κ1) is 12.3. The van der Waals surface area contributed by atoms with Crippen LogP contribution in [-0.2, 0) is 11.3 Å². The van der Waals surface area contributed by atoms with Crippen LogP contribution in [0.4, 0.5) is 0 Å². The quantitative estimate of drug-likeness (QED) is 0.732. The minimum Gasteiger partial charge on any atom is -0.476 e. The van der Waals surface area contributed by atoms with Crippen molar-refractivity contribution in [2.75, 3.05) is 6.54 Å². The van der Waals surface area contributed by atoms with Gasteiger partial charge in [-0.3, -0.25) is 9.59 Å². The molecule has 0 aromatic carbocycles. The molecule has 0 atom stereocenters. The molecule has 0 aliphatic heterocycles. The van der Waals surface area contributed by atoms with Crippen LogP contribution in [0, 0.1) is 5.92 Å². The molecule has 1 aromatic heterocycles. The smallest absolute Gasteiger partial charge is 0.356 e. The van der Waals surface area contributed by atoms with Gasteiger partial charge in [-0.2, -0.15) is 5.10 Å². The van der Waals surface area contributed by atoms with Gasteiger partial charge in [0, 0.05) is 12.6 Å². The molecule has 96 valence electrons. The third-order valence-electron chi connectivity index (χ3n) is 2.66. The maximum atomic E-state index is 11.5. The van der Waals surface area contributed by atoms with Gasteiger partial charge in [0.2, 0.25) is 5.91 Å². The van der Waals surface area contributed by atoms with Crippen LogP contribution < -0.4 is 10.9 Å². The van der Waals surface area contributed by atoms with E-state index in [1.807, 2.05) is 0 Å². The molecule has 0 bridgehead atoms. The lowest BCUT2D eigenvalue weighted by Gasteiger charge is -2.06. The molecule has 1 heterocycles. The average Bonchev–Trinajstić information content (AvgIpc) is 3.13. The van der Waals surface area contributed by atoms with Crippen LogP contribution in [-0.4, -0.2) is 33.3 Å². The summed E-state index contributed by atoms with van der Waals surface area (Å²) in [7, 11) is 0. The van der Waals surface area contributed by atoms with Crippen molar-refractivity contribution >= 4 is 11.9 Å². The van der Waals surface area contributed by atoms with Gasteiger partial charge < -0.3 is 10.4 Å². The molecule has 0 radical (unpaired) electrons. The van der Waals surface area contributed by atoms with Gasteiger partial charge in [0.25, 0.3) is 5.56 Å². The summed E-state index contributed by atoms with van der Waals surface area (Å²) in [4.78, 5) is 33.6. The molecule has 2 rings (SSSR count). The summed E-state index contributed by atoms with van der Waals surface area (Å²) in [5, 5.41) is 15.0. The zero-order chi connectivity index (χ0) is 13.1. The third-order valence-corrected chi connectivity index (χ3v) is 2.66. The first-order chi connectivity index (χ1) is 8.56. The van der Waals surface area contributed by atoms with Crippen LogP contribution in [0.3, 0.4) is 0 Å². The van der Waals surface area contributed by atoms with Gasteiger partial charge >= 0.3 is 5.97 Å². The number of aromatic nitrogens is 2. The third kappa shape index (κ3) is 3.16. The van der Waals surface area contributed by atoms with E-state index in [1.165, 1.54) is 0 Å². The van der Waals surface area contributed by atoms with Crippen LogP contribution in [0.25, 0.3) is 0 Å². The first-order valence-electron chi connectivity index (χ1n) is 5.64. The summed E-state index contributed by atoms with van der Waals surface area (Å²) in [6.45, 7) is 0.346. The number of hydrogen-bond donors (Lipinski definition) is 2. The zero-order valence-corrected chi connectivity index (χ0v) is 9.63. The van der Waals surface area contributed by atoms with Crippen molar-refractivity contribution in [3.05, 3.63) is 28.2 Å². The van der Waals surface area contributed by atoms with Crippen molar-refractivity contribution in [2.24, 2.45) is 5.92 Å². The van der Waals surface area contributed by atoms with E-state index >= 15 is 0 Å². The minimum absolute atomic E-state index is 0.257. The summed E-state index contributed by atoms with van der Waals surface area (Å²) in [6, 6.07) is 2.20. The Labute approximate surface area is 102 Å². The Bertz CT molecular complexity index is 533. The SMILES string of the molecule is O=C(Cn1nc(C(=O)O)ccc1=O)NCC1CC1. The summed E-state index contributed by atoms with van der Waals surface area (Å²) in [5.41, 5.74) is -0.758. The molecule has 0 unspecified atom stereocenters. The van der Waals surface area contributed by atoms with E-state index in [-0.39, 0.29) is 18.1 Å². The number of carboxylic acids is 1. The van der Waals surface area contributed by atoms with Gasteiger partial charge in [-0.15, -0.1) is 0 Å². The number of carbonyl (C=O) groups excluding carboxylic acids is 1. The van der Waals surface area contributed by atoms with E-state index < -0.39 is 11.5 Å². The first-order valence-corrected chi connectivity index (χ1v) is 5.64. The van der Waals surface area contributed by atoms with Gasteiger partial charge in [0.15, 0.2) is 5.69 Å². The minimum atomic E-state index is -1.23. The predicted molar refractivity (Wildman–Crippen MR) is 61.2 cm³/mol. The van der Waals surface area contributed by atoms with Gasteiger partial charge in [0.05, 0.1) is 0 Å². The lowest BCUT2D eigenvalue weighted by Crippen LogP contribution is -2.35. The topological polar surface area (TPSA) is 101 Å². The highest BCUT2D eigenvalue weighted by Crippen LogP contribution is 2.27. The number of aromatic carboxylic acids is 1. The van der Waals surface area contributed by atoms with Gasteiger partial charge in [-0.05, 0) is 24.8 Å². The van der Waals surface area contributed by atoms with Crippen LogP contribution in [0.5, 0.6) is 0 Å². The van der Waals surface area contributed by atoms with E-state index in [2.05, 4.69) is 10.4 Å². The standard InChI is InChI=1S/C11H13N3O4/c15-9(12-5-7-1-2-7)6-14-10(16)4-3-8(13-14)11(17)18/h3-4,7H,1-2,5-6H2,(H,12,15)(H,17,18). The van der Waals surface area contributed by atoms with Gasteiger partial charge in [-0.1, -0.05) is 0 Å². The summed E-state index contributed by atoms with van der Waals surface area (Å²) in [6.07, 6.45) is 2.24. The second-order valence-corrected chi connectivity index (χ2v) is 4.27. The van der Waals surface area contributed by atoms with Crippen molar-refractivity contribution in [1.29, 1.82) is 0 Å². The highest BCUT2D eigenvalue weighted by Gasteiger charge is 2.21. The van der Waals surface area contributed by atoms with Gasteiger partial charge in [-0.25, -0.2) is 9.48 Å². The number of carbonyl (C=O) groups is 2.